The van der Waals surface area contributed by atoms with Crippen LogP contribution in [0.4, 0.5) is 26.3 Å². The summed E-state index contributed by atoms with van der Waals surface area (Å²) in [7, 11) is 0. The molecule has 0 fully saturated rings. The number of phenols is 2. The van der Waals surface area contributed by atoms with Gasteiger partial charge in [-0.3, -0.25) is 4.79 Å². The molecule has 0 aliphatic carbocycles. The van der Waals surface area contributed by atoms with E-state index in [4.69, 9.17) is 10.2 Å². The second-order valence-corrected chi connectivity index (χ2v) is 4.78. The first-order chi connectivity index (χ1) is 10.9. The minimum atomic E-state index is -5.06. The van der Waals surface area contributed by atoms with Crippen LogP contribution in [0.25, 0.3) is 0 Å². The van der Waals surface area contributed by atoms with Crippen molar-refractivity contribution in [2.75, 3.05) is 0 Å². The van der Waals surface area contributed by atoms with Gasteiger partial charge < -0.3 is 10.2 Å². The number of hydrogen-bond donors (Lipinski definition) is 2. The Hall–Kier alpha value is -2.71. The van der Waals surface area contributed by atoms with Crippen LogP contribution in [-0.2, 0) is 12.4 Å². The lowest BCUT2D eigenvalue weighted by atomic mass is 9.94. The molecule has 0 heterocycles. The molecule has 0 bridgehead atoms. The van der Waals surface area contributed by atoms with Crippen LogP contribution in [0.2, 0.25) is 0 Å². The number of rotatable bonds is 2. The summed E-state index contributed by atoms with van der Waals surface area (Å²) in [6.45, 7) is 0. The van der Waals surface area contributed by atoms with Gasteiger partial charge in [0.15, 0.2) is 5.78 Å². The summed E-state index contributed by atoms with van der Waals surface area (Å²) in [5, 5.41) is 18.3. The third-order valence-corrected chi connectivity index (χ3v) is 3.11. The Balaban J connectivity index is 2.68. The molecule has 0 atom stereocenters. The fourth-order valence-corrected chi connectivity index (χ4v) is 2.07. The molecule has 0 amide bonds. The summed E-state index contributed by atoms with van der Waals surface area (Å²) < 4.78 is 77.9. The summed E-state index contributed by atoms with van der Waals surface area (Å²) in [6.07, 6.45) is -10.1. The summed E-state index contributed by atoms with van der Waals surface area (Å²) in [6, 6.07) is 3.20. The number of hydrogen-bond acceptors (Lipinski definition) is 3. The quantitative estimate of drug-likeness (QED) is 0.625. The molecule has 2 aromatic rings. The topological polar surface area (TPSA) is 57.5 Å². The number of phenolic OH excluding ortho intramolecular Hbond substituents is 2. The second kappa shape index (κ2) is 5.73. The molecular formula is C15H8F6O3. The lowest BCUT2D eigenvalue weighted by Crippen LogP contribution is -2.17. The predicted molar refractivity (Wildman–Crippen MR) is 69.7 cm³/mol. The van der Waals surface area contributed by atoms with Crippen molar-refractivity contribution >= 4 is 5.78 Å². The van der Waals surface area contributed by atoms with E-state index in [9.17, 15) is 31.1 Å². The highest BCUT2D eigenvalue weighted by atomic mass is 19.4. The van der Waals surface area contributed by atoms with E-state index in [0.717, 1.165) is 12.1 Å². The Bertz CT molecular complexity index is 727. The van der Waals surface area contributed by atoms with Gasteiger partial charge in [0.2, 0.25) is 0 Å². The Labute approximate surface area is 130 Å². The third-order valence-electron chi connectivity index (χ3n) is 3.11. The van der Waals surface area contributed by atoms with E-state index in [1.165, 1.54) is 0 Å². The van der Waals surface area contributed by atoms with E-state index in [-0.39, 0.29) is 12.1 Å². The Morgan fingerprint density at radius 1 is 0.708 bits per heavy atom. The summed E-state index contributed by atoms with van der Waals surface area (Å²) in [5.74, 6) is -3.11. The van der Waals surface area contributed by atoms with Crippen molar-refractivity contribution in [3.8, 4) is 11.5 Å². The largest absolute Gasteiger partial charge is 0.508 e. The van der Waals surface area contributed by atoms with Crippen molar-refractivity contribution in [1.82, 2.24) is 0 Å². The molecule has 0 saturated heterocycles. The lowest BCUT2D eigenvalue weighted by Gasteiger charge is -2.16. The molecule has 2 aromatic carbocycles. The zero-order chi connectivity index (χ0) is 18.3. The average Bonchev–Trinajstić information content (AvgIpc) is 2.44. The summed E-state index contributed by atoms with van der Waals surface area (Å²) >= 11 is 0. The standard InChI is InChI=1S/C15H8F6O3/c16-14(17,18)11-5-7(22)1-3-9(11)13(24)10-4-2-8(23)6-12(10)15(19,20)21/h1-6,22-23H. The van der Waals surface area contributed by atoms with E-state index < -0.39 is 51.9 Å². The highest BCUT2D eigenvalue weighted by Gasteiger charge is 2.39. The Kier molecular flexibility index (Phi) is 4.21. The molecule has 9 heteroatoms. The van der Waals surface area contributed by atoms with E-state index in [1.54, 1.807) is 0 Å². The van der Waals surface area contributed by atoms with Crippen LogP contribution in [0.3, 0.4) is 0 Å². The normalized spacial score (nSPS) is 12.2. The number of carbonyl (C=O) groups is 1. The van der Waals surface area contributed by atoms with Crippen LogP contribution in [0.15, 0.2) is 36.4 Å². The molecule has 128 valence electrons. The zero-order valence-electron chi connectivity index (χ0n) is 11.5. The first-order valence-electron chi connectivity index (χ1n) is 6.26. The predicted octanol–water partition coefficient (Wildman–Crippen LogP) is 4.37. The van der Waals surface area contributed by atoms with Crippen LogP contribution < -0.4 is 0 Å². The fourth-order valence-electron chi connectivity index (χ4n) is 2.07. The molecule has 0 radical (unpaired) electrons. The first kappa shape index (κ1) is 17.6. The van der Waals surface area contributed by atoms with E-state index in [1.807, 2.05) is 0 Å². The molecule has 0 spiro atoms. The van der Waals surface area contributed by atoms with Crippen molar-refractivity contribution < 1.29 is 41.4 Å². The van der Waals surface area contributed by atoms with Crippen molar-refractivity contribution in [2.45, 2.75) is 12.4 Å². The lowest BCUT2D eigenvalue weighted by molar-refractivity contribution is -0.138. The maximum absolute atomic E-state index is 13.0. The van der Waals surface area contributed by atoms with Gasteiger partial charge in [0, 0.05) is 11.1 Å². The van der Waals surface area contributed by atoms with Gasteiger partial charge in [-0.25, -0.2) is 0 Å². The number of benzene rings is 2. The van der Waals surface area contributed by atoms with Gasteiger partial charge in [-0.2, -0.15) is 26.3 Å². The smallest absolute Gasteiger partial charge is 0.417 e. The molecule has 0 aliphatic rings. The van der Waals surface area contributed by atoms with Crippen LogP contribution >= 0.6 is 0 Å². The monoisotopic (exact) mass is 350 g/mol. The number of ketones is 1. The molecule has 2 N–H and O–H groups in total. The van der Waals surface area contributed by atoms with Crippen LogP contribution in [-0.4, -0.2) is 16.0 Å². The van der Waals surface area contributed by atoms with Crippen molar-refractivity contribution in [2.24, 2.45) is 0 Å². The molecule has 0 aliphatic heterocycles. The highest BCUT2D eigenvalue weighted by molar-refractivity contribution is 6.11. The van der Waals surface area contributed by atoms with Gasteiger partial charge in [-0.05, 0) is 36.4 Å². The van der Waals surface area contributed by atoms with Gasteiger partial charge in [-0.1, -0.05) is 0 Å². The number of aromatic hydroxyl groups is 2. The molecule has 0 aromatic heterocycles. The fraction of sp³-hybridized carbons (Fsp3) is 0.133. The number of carbonyl (C=O) groups excluding carboxylic acids is 1. The Morgan fingerprint density at radius 2 is 1.04 bits per heavy atom. The minimum Gasteiger partial charge on any atom is -0.508 e. The van der Waals surface area contributed by atoms with E-state index in [0.29, 0.717) is 12.1 Å². The molecule has 24 heavy (non-hydrogen) atoms. The second-order valence-electron chi connectivity index (χ2n) is 4.78. The van der Waals surface area contributed by atoms with Crippen LogP contribution in [0, 0.1) is 0 Å². The average molecular weight is 350 g/mol. The first-order valence-corrected chi connectivity index (χ1v) is 6.26. The van der Waals surface area contributed by atoms with Gasteiger partial charge >= 0.3 is 12.4 Å². The molecule has 0 unspecified atom stereocenters. The summed E-state index contributed by atoms with van der Waals surface area (Å²) in [5.41, 5.74) is -5.21. The van der Waals surface area contributed by atoms with Gasteiger partial charge in [-0.15, -0.1) is 0 Å². The molecule has 0 saturated carbocycles. The molecule has 2 rings (SSSR count). The van der Waals surface area contributed by atoms with E-state index >= 15 is 0 Å². The van der Waals surface area contributed by atoms with Gasteiger partial charge in [0.1, 0.15) is 11.5 Å². The maximum atomic E-state index is 13.0. The zero-order valence-corrected chi connectivity index (χ0v) is 11.5. The molecular weight excluding hydrogens is 342 g/mol. The molecule has 3 nitrogen and oxygen atoms in total. The third kappa shape index (κ3) is 3.44. The van der Waals surface area contributed by atoms with Gasteiger partial charge in [0.05, 0.1) is 11.1 Å². The van der Waals surface area contributed by atoms with Crippen LogP contribution in [0.5, 0.6) is 11.5 Å². The van der Waals surface area contributed by atoms with Crippen LogP contribution in [0.1, 0.15) is 27.0 Å². The minimum absolute atomic E-state index is 0.251. The summed E-state index contributed by atoms with van der Waals surface area (Å²) in [4.78, 5) is 12.2. The van der Waals surface area contributed by atoms with Crippen molar-refractivity contribution in [1.29, 1.82) is 0 Å². The SMILES string of the molecule is O=C(c1ccc(O)cc1C(F)(F)F)c1ccc(O)cc1C(F)(F)F. The Morgan fingerprint density at radius 3 is 1.33 bits per heavy atom. The van der Waals surface area contributed by atoms with Crippen molar-refractivity contribution in [3.63, 3.8) is 0 Å². The van der Waals surface area contributed by atoms with Gasteiger partial charge in [0.25, 0.3) is 0 Å². The van der Waals surface area contributed by atoms with E-state index in [2.05, 4.69) is 0 Å². The van der Waals surface area contributed by atoms with Crippen molar-refractivity contribution in [3.05, 3.63) is 58.7 Å². The number of alkyl halides is 6. The number of halogens is 6. The maximum Gasteiger partial charge on any atom is 0.417 e. The highest BCUT2D eigenvalue weighted by Crippen LogP contribution is 2.38.